The van der Waals surface area contributed by atoms with Crippen molar-refractivity contribution in [2.45, 2.75) is 13.3 Å². The Bertz CT molecular complexity index is 1830. The van der Waals surface area contributed by atoms with E-state index >= 15 is 0 Å². The maximum atomic E-state index is 13.5. The first-order valence-corrected chi connectivity index (χ1v) is 12.2. The molecule has 6 aromatic rings. The van der Waals surface area contributed by atoms with Gasteiger partial charge in [-0.25, -0.2) is 18.9 Å². The molecule has 0 atom stereocenters. The van der Waals surface area contributed by atoms with Crippen molar-refractivity contribution in [2.24, 2.45) is 7.05 Å². The third-order valence-electron chi connectivity index (χ3n) is 6.34. The van der Waals surface area contributed by atoms with E-state index in [1.165, 1.54) is 12.1 Å². The third-order valence-corrected chi connectivity index (χ3v) is 6.85. The number of carbonyl (C=O) groups excluding carboxylic acids is 1. The Hall–Kier alpha value is -4.01. The molecule has 0 aliphatic heterocycles. The van der Waals surface area contributed by atoms with Crippen LogP contribution in [0.3, 0.4) is 0 Å². The van der Waals surface area contributed by atoms with E-state index in [1.807, 2.05) is 30.7 Å². The maximum absolute atomic E-state index is 13.5. The Morgan fingerprint density at radius 3 is 2.62 bits per heavy atom. The monoisotopic (exact) mass is 532 g/mol. The molecule has 4 heterocycles. The van der Waals surface area contributed by atoms with E-state index in [0.29, 0.717) is 44.0 Å². The first-order chi connectivity index (χ1) is 17.8. The van der Waals surface area contributed by atoms with Crippen LogP contribution in [-0.4, -0.2) is 34.9 Å². The minimum Gasteiger partial charge on any atom is -0.351 e. The van der Waals surface area contributed by atoms with Gasteiger partial charge in [-0.3, -0.25) is 4.79 Å². The lowest BCUT2D eigenvalue weighted by molar-refractivity contribution is 0.0988. The van der Waals surface area contributed by atoms with Gasteiger partial charge in [0.2, 0.25) is 0 Å². The standard InChI is InChI=1S/C27H19Cl2FN6O/c1-14-31-26(15-3-5-18(30)6-4-15)27(35(14)2)21-7-8-24-32-19(13-36(24)34-21)12-23(37)22-10-16-9-17(28)11-20(29)25(16)33-22/h3-11,13,33H,12H2,1-2H3. The van der Waals surface area contributed by atoms with Gasteiger partial charge in [-0.15, -0.1) is 0 Å². The molecule has 0 aliphatic carbocycles. The van der Waals surface area contributed by atoms with Gasteiger partial charge in [0.1, 0.15) is 17.3 Å². The van der Waals surface area contributed by atoms with E-state index in [9.17, 15) is 9.18 Å². The normalized spacial score (nSPS) is 11.6. The van der Waals surface area contributed by atoms with Gasteiger partial charge in [-0.05, 0) is 61.5 Å². The molecule has 0 bridgehead atoms. The molecule has 2 aromatic carbocycles. The van der Waals surface area contributed by atoms with Crippen molar-refractivity contribution in [3.63, 3.8) is 0 Å². The average molecular weight is 533 g/mol. The highest BCUT2D eigenvalue weighted by molar-refractivity contribution is 6.38. The van der Waals surface area contributed by atoms with Crippen LogP contribution in [0.1, 0.15) is 22.0 Å². The number of Topliss-reactive ketones (excluding diaryl/α,β-unsaturated/α-hetero) is 1. The maximum Gasteiger partial charge on any atom is 0.185 e. The van der Waals surface area contributed by atoms with Crippen LogP contribution < -0.4 is 0 Å². The Balaban J connectivity index is 1.33. The second kappa shape index (κ2) is 8.83. The van der Waals surface area contributed by atoms with Gasteiger partial charge in [0.15, 0.2) is 11.4 Å². The molecule has 0 spiro atoms. The number of nitrogens with zero attached hydrogens (tertiary/aromatic N) is 5. The highest BCUT2D eigenvalue weighted by Crippen LogP contribution is 2.32. The first-order valence-electron chi connectivity index (χ1n) is 11.4. The topological polar surface area (TPSA) is 80.9 Å². The molecule has 0 fully saturated rings. The van der Waals surface area contributed by atoms with Gasteiger partial charge in [0, 0.05) is 23.0 Å². The number of carbonyl (C=O) groups is 1. The molecule has 4 aromatic heterocycles. The second-order valence-corrected chi connectivity index (χ2v) is 9.65. The number of fused-ring (bicyclic) bond motifs is 2. The van der Waals surface area contributed by atoms with Crippen molar-refractivity contribution in [3.05, 3.63) is 93.9 Å². The Kier molecular flexibility index (Phi) is 5.58. The van der Waals surface area contributed by atoms with Gasteiger partial charge in [-0.2, -0.15) is 5.10 Å². The summed E-state index contributed by atoms with van der Waals surface area (Å²) >= 11 is 12.3. The van der Waals surface area contributed by atoms with Crippen LogP contribution in [0.2, 0.25) is 10.0 Å². The largest absolute Gasteiger partial charge is 0.351 e. The number of aryl methyl sites for hydroxylation is 1. The molecule has 0 amide bonds. The second-order valence-electron chi connectivity index (χ2n) is 8.81. The molecule has 0 aliphatic rings. The molecule has 0 saturated heterocycles. The van der Waals surface area contributed by atoms with Gasteiger partial charge in [0.25, 0.3) is 0 Å². The van der Waals surface area contributed by atoms with Crippen LogP contribution in [-0.2, 0) is 13.5 Å². The van der Waals surface area contributed by atoms with E-state index in [0.717, 1.165) is 22.5 Å². The molecule has 10 heteroatoms. The number of H-pyrrole nitrogens is 1. The zero-order valence-electron chi connectivity index (χ0n) is 19.8. The number of benzene rings is 2. The van der Waals surface area contributed by atoms with Crippen LogP contribution in [0.25, 0.3) is 39.2 Å². The Morgan fingerprint density at radius 2 is 1.84 bits per heavy atom. The zero-order chi connectivity index (χ0) is 25.8. The summed E-state index contributed by atoms with van der Waals surface area (Å²) in [7, 11) is 1.91. The lowest BCUT2D eigenvalue weighted by Gasteiger charge is -2.07. The zero-order valence-corrected chi connectivity index (χ0v) is 21.3. The summed E-state index contributed by atoms with van der Waals surface area (Å²) in [6.45, 7) is 1.90. The molecular formula is C27H19Cl2FN6O. The lowest BCUT2D eigenvalue weighted by atomic mass is 10.1. The van der Waals surface area contributed by atoms with Gasteiger partial charge < -0.3 is 9.55 Å². The molecule has 0 radical (unpaired) electrons. The smallest absolute Gasteiger partial charge is 0.185 e. The Morgan fingerprint density at radius 1 is 1.05 bits per heavy atom. The van der Waals surface area contributed by atoms with Crippen LogP contribution >= 0.6 is 23.2 Å². The summed E-state index contributed by atoms with van der Waals surface area (Å²) in [6.07, 6.45) is 1.83. The summed E-state index contributed by atoms with van der Waals surface area (Å²) in [5.41, 5.74) is 5.26. The molecule has 7 nitrogen and oxygen atoms in total. The molecular weight excluding hydrogens is 514 g/mol. The number of hydrogen-bond donors (Lipinski definition) is 1. The van der Waals surface area contributed by atoms with Crippen LogP contribution in [0.4, 0.5) is 4.39 Å². The van der Waals surface area contributed by atoms with Crippen molar-refractivity contribution < 1.29 is 9.18 Å². The number of hydrogen-bond acceptors (Lipinski definition) is 4. The molecule has 184 valence electrons. The number of rotatable bonds is 5. The fourth-order valence-electron chi connectivity index (χ4n) is 4.43. The van der Waals surface area contributed by atoms with E-state index < -0.39 is 0 Å². The van der Waals surface area contributed by atoms with Crippen molar-refractivity contribution in [2.75, 3.05) is 0 Å². The van der Waals surface area contributed by atoms with Crippen LogP contribution in [0, 0.1) is 12.7 Å². The predicted molar refractivity (Wildman–Crippen MR) is 142 cm³/mol. The Labute approximate surface area is 220 Å². The highest BCUT2D eigenvalue weighted by Gasteiger charge is 2.19. The molecule has 37 heavy (non-hydrogen) atoms. The minimum absolute atomic E-state index is 0.0858. The van der Waals surface area contributed by atoms with E-state index in [4.69, 9.17) is 28.3 Å². The highest BCUT2D eigenvalue weighted by atomic mass is 35.5. The van der Waals surface area contributed by atoms with E-state index in [2.05, 4.69) is 15.0 Å². The van der Waals surface area contributed by atoms with Crippen molar-refractivity contribution >= 4 is 45.5 Å². The van der Waals surface area contributed by atoms with Crippen molar-refractivity contribution in [3.8, 4) is 22.6 Å². The third kappa shape index (κ3) is 4.18. The molecule has 1 N–H and O–H groups in total. The minimum atomic E-state index is -0.308. The predicted octanol–water partition coefficient (Wildman–Crippen LogP) is 6.46. The summed E-state index contributed by atoms with van der Waals surface area (Å²) in [5, 5.41) is 6.48. The van der Waals surface area contributed by atoms with Gasteiger partial charge in [0.05, 0.1) is 45.9 Å². The van der Waals surface area contributed by atoms with E-state index in [1.54, 1.807) is 41.0 Å². The first kappa shape index (κ1) is 23.4. The van der Waals surface area contributed by atoms with Crippen LogP contribution in [0.5, 0.6) is 0 Å². The van der Waals surface area contributed by atoms with Crippen LogP contribution in [0.15, 0.2) is 60.8 Å². The number of nitrogens with one attached hydrogen (secondary N) is 1. The lowest BCUT2D eigenvalue weighted by Crippen LogP contribution is -2.04. The summed E-state index contributed by atoms with van der Waals surface area (Å²) < 4.78 is 17.1. The number of imidazole rings is 2. The fraction of sp³-hybridized carbons (Fsp3) is 0.111. The number of ketones is 1. The van der Waals surface area contributed by atoms with Crippen molar-refractivity contribution in [1.29, 1.82) is 0 Å². The SMILES string of the molecule is Cc1nc(-c2ccc(F)cc2)c(-c2ccc3nc(CC(=O)c4cc5cc(Cl)cc(Cl)c5[nH]4)cn3n2)n1C. The number of aromatic nitrogens is 6. The number of aromatic amines is 1. The fourth-order valence-corrected chi connectivity index (χ4v) is 4.99. The molecule has 0 saturated carbocycles. The van der Waals surface area contributed by atoms with Crippen molar-refractivity contribution in [1.82, 2.24) is 29.1 Å². The molecule has 0 unspecified atom stereocenters. The van der Waals surface area contributed by atoms with E-state index in [-0.39, 0.29) is 18.0 Å². The van der Waals surface area contributed by atoms with Gasteiger partial charge >= 0.3 is 0 Å². The summed E-state index contributed by atoms with van der Waals surface area (Å²) in [6, 6.07) is 15.1. The quantitative estimate of drug-likeness (QED) is 0.258. The summed E-state index contributed by atoms with van der Waals surface area (Å²) in [5.74, 6) is 0.359. The summed E-state index contributed by atoms with van der Waals surface area (Å²) in [4.78, 5) is 25.3. The number of halogens is 3. The average Bonchev–Trinajstić information content (AvgIpc) is 3.54. The molecule has 6 rings (SSSR count). The van der Waals surface area contributed by atoms with Gasteiger partial charge in [-0.1, -0.05) is 23.2 Å².